The highest BCUT2D eigenvalue weighted by molar-refractivity contribution is 5.41. The molecule has 0 aromatic heterocycles. The summed E-state index contributed by atoms with van der Waals surface area (Å²) in [6, 6.07) is 3.39. The van der Waals surface area contributed by atoms with Crippen LogP contribution in [0, 0.1) is 0 Å². The van der Waals surface area contributed by atoms with E-state index in [2.05, 4.69) is 5.32 Å². The van der Waals surface area contributed by atoms with E-state index >= 15 is 0 Å². The molecular formula is C12H14F3NO2. The van der Waals surface area contributed by atoms with E-state index in [1.165, 1.54) is 13.2 Å². The van der Waals surface area contributed by atoms with Crippen molar-refractivity contribution in [1.29, 1.82) is 0 Å². The second kappa shape index (κ2) is 5.16. The van der Waals surface area contributed by atoms with Gasteiger partial charge in [0.1, 0.15) is 5.75 Å². The van der Waals surface area contributed by atoms with Gasteiger partial charge in [-0.15, -0.1) is 0 Å². The van der Waals surface area contributed by atoms with Gasteiger partial charge in [0, 0.05) is 12.1 Å². The van der Waals surface area contributed by atoms with Crippen molar-refractivity contribution < 1.29 is 22.6 Å². The Bertz CT molecular complexity index is 414. The molecular weight excluding hydrogens is 247 g/mol. The number of ether oxygens (including phenoxy) is 2. The predicted octanol–water partition coefficient (Wildman–Crippen LogP) is 2.37. The lowest BCUT2D eigenvalue weighted by atomic mass is 10.0. The molecule has 1 fully saturated rings. The first-order valence-electron chi connectivity index (χ1n) is 5.58. The normalized spacial score (nSPS) is 20.8. The van der Waals surface area contributed by atoms with Crippen molar-refractivity contribution in [2.75, 3.05) is 26.9 Å². The first-order chi connectivity index (χ1) is 8.52. The highest BCUT2D eigenvalue weighted by Gasteiger charge is 2.32. The molecule has 0 spiro atoms. The van der Waals surface area contributed by atoms with Crippen LogP contribution in [-0.2, 0) is 10.9 Å². The Balaban J connectivity index is 2.30. The van der Waals surface area contributed by atoms with Crippen molar-refractivity contribution in [2.24, 2.45) is 0 Å². The molecule has 1 aromatic rings. The molecule has 0 radical (unpaired) electrons. The second-order valence-corrected chi connectivity index (χ2v) is 4.04. The molecule has 3 nitrogen and oxygen atoms in total. The third kappa shape index (κ3) is 2.76. The van der Waals surface area contributed by atoms with Gasteiger partial charge in [0.15, 0.2) is 0 Å². The maximum Gasteiger partial charge on any atom is 0.416 e. The molecule has 0 unspecified atom stereocenters. The van der Waals surface area contributed by atoms with Gasteiger partial charge < -0.3 is 14.8 Å². The number of rotatable bonds is 2. The van der Waals surface area contributed by atoms with E-state index in [-0.39, 0.29) is 11.8 Å². The van der Waals surface area contributed by atoms with Crippen LogP contribution in [0.2, 0.25) is 0 Å². The first kappa shape index (κ1) is 13.2. The van der Waals surface area contributed by atoms with Gasteiger partial charge in [0.05, 0.1) is 31.9 Å². The summed E-state index contributed by atoms with van der Waals surface area (Å²) in [7, 11) is 1.36. The summed E-state index contributed by atoms with van der Waals surface area (Å²) in [4.78, 5) is 0. The van der Waals surface area contributed by atoms with Crippen molar-refractivity contribution in [1.82, 2.24) is 5.32 Å². The number of nitrogens with one attached hydrogen (secondary N) is 1. The average Bonchev–Trinajstić information content (AvgIpc) is 2.38. The van der Waals surface area contributed by atoms with Crippen LogP contribution in [0.4, 0.5) is 13.2 Å². The summed E-state index contributed by atoms with van der Waals surface area (Å²) >= 11 is 0. The molecule has 1 aliphatic rings. The summed E-state index contributed by atoms with van der Waals surface area (Å²) in [6.07, 6.45) is -4.36. The fraction of sp³-hybridized carbons (Fsp3) is 0.500. The van der Waals surface area contributed by atoms with Crippen molar-refractivity contribution in [3.8, 4) is 5.75 Å². The summed E-state index contributed by atoms with van der Waals surface area (Å²) < 4.78 is 48.1. The molecule has 1 aliphatic heterocycles. The third-order valence-corrected chi connectivity index (χ3v) is 2.86. The zero-order chi connectivity index (χ0) is 13.2. The highest BCUT2D eigenvalue weighted by Crippen LogP contribution is 2.35. The van der Waals surface area contributed by atoms with E-state index in [4.69, 9.17) is 9.47 Å². The van der Waals surface area contributed by atoms with Crippen molar-refractivity contribution in [3.63, 3.8) is 0 Å². The fourth-order valence-corrected chi connectivity index (χ4v) is 1.94. The highest BCUT2D eigenvalue weighted by atomic mass is 19.4. The van der Waals surface area contributed by atoms with Gasteiger partial charge >= 0.3 is 6.18 Å². The molecule has 1 atom stereocenters. The summed E-state index contributed by atoms with van der Waals surface area (Å²) in [5, 5.41) is 3.18. The Hall–Kier alpha value is -1.27. The number of hydrogen-bond acceptors (Lipinski definition) is 3. The molecule has 1 heterocycles. The summed E-state index contributed by atoms with van der Waals surface area (Å²) in [5.41, 5.74) is -0.0231. The van der Waals surface area contributed by atoms with Crippen LogP contribution in [-0.4, -0.2) is 26.9 Å². The van der Waals surface area contributed by atoms with Crippen LogP contribution in [0.1, 0.15) is 17.2 Å². The second-order valence-electron chi connectivity index (χ2n) is 4.04. The van der Waals surface area contributed by atoms with Crippen molar-refractivity contribution >= 4 is 0 Å². The van der Waals surface area contributed by atoms with Crippen LogP contribution in [0.15, 0.2) is 18.2 Å². The Morgan fingerprint density at radius 2 is 2.17 bits per heavy atom. The van der Waals surface area contributed by atoms with Crippen LogP contribution in [0.3, 0.4) is 0 Å². The molecule has 0 aliphatic carbocycles. The topological polar surface area (TPSA) is 30.5 Å². The number of methoxy groups -OCH3 is 1. The van der Waals surface area contributed by atoms with Gasteiger partial charge in [0.2, 0.25) is 0 Å². The fourth-order valence-electron chi connectivity index (χ4n) is 1.94. The lowest BCUT2D eigenvalue weighted by molar-refractivity contribution is -0.137. The molecule has 0 amide bonds. The Morgan fingerprint density at radius 3 is 2.72 bits per heavy atom. The minimum absolute atomic E-state index is 0.129. The van der Waals surface area contributed by atoms with Gasteiger partial charge in [-0.25, -0.2) is 0 Å². The lowest BCUT2D eigenvalue weighted by Crippen LogP contribution is -2.34. The van der Waals surface area contributed by atoms with E-state index in [0.29, 0.717) is 25.3 Å². The monoisotopic (exact) mass is 261 g/mol. The van der Waals surface area contributed by atoms with Crippen LogP contribution >= 0.6 is 0 Å². The molecule has 0 saturated carbocycles. The predicted molar refractivity (Wildman–Crippen MR) is 59.6 cm³/mol. The van der Waals surface area contributed by atoms with Crippen LogP contribution in [0.25, 0.3) is 0 Å². The minimum Gasteiger partial charge on any atom is -0.496 e. The Morgan fingerprint density at radius 1 is 1.39 bits per heavy atom. The molecule has 0 bridgehead atoms. The average molecular weight is 261 g/mol. The Labute approximate surface area is 103 Å². The standard InChI is InChI=1S/C12H14F3NO2/c1-17-11-6-8(12(13,14)15)2-3-9(11)10-7-18-5-4-16-10/h2-3,6,10,16H,4-5,7H2,1H3/t10-/m1/s1. The van der Waals surface area contributed by atoms with E-state index in [0.717, 1.165) is 12.1 Å². The minimum atomic E-state index is -4.36. The largest absolute Gasteiger partial charge is 0.496 e. The third-order valence-electron chi connectivity index (χ3n) is 2.86. The van der Waals surface area contributed by atoms with Crippen LogP contribution in [0.5, 0.6) is 5.75 Å². The maximum absolute atomic E-state index is 12.6. The van der Waals surface area contributed by atoms with Crippen molar-refractivity contribution in [2.45, 2.75) is 12.2 Å². The summed E-state index contributed by atoms with van der Waals surface area (Å²) in [5.74, 6) is 0.229. The number of benzene rings is 1. The molecule has 6 heteroatoms. The van der Waals surface area contributed by atoms with Crippen LogP contribution < -0.4 is 10.1 Å². The van der Waals surface area contributed by atoms with Gasteiger partial charge in [-0.1, -0.05) is 6.07 Å². The maximum atomic E-state index is 12.6. The smallest absolute Gasteiger partial charge is 0.416 e. The summed E-state index contributed by atoms with van der Waals surface area (Å²) in [6.45, 7) is 1.72. The molecule has 1 N–H and O–H groups in total. The van der Waals surface area contributed by atoms with Gasteiger partial charge in [-0.3, -0.25) is 0 Å². The Kier molecular flexibility index (Phi) is 3.77. The van der Waals surface area contributed by atoms with E-state index in [1.54, 1.807) is 0 Å². The quantitative estimate of drug-likeness (QED) is 0.886. The van der Waals surface area contributed by atoms with E-state index < -0.39 is 11.7 Å². The zero-order valence-electron chi connectivity index (χ0n) is 9.88. The SMILES string of the molecule is COc1cc(C(F)(F)F)ccc1[C@H]1COCCN1. The lowest BCUT2D eigenvalue weighted by Gasteiger charge is -2.26. The van der Waals surface area contributed by atoms with Gasteiger partial charge in [-0.05, 0) is 12.1 Å². The van der Waals surface area contributed by atoms with Gasteiger partial charge in [-0.2, -0.15) is 13.2 Å². The van der Waals surface area contributed by atoms with Crippen molar-refractivity contribution in [3.05, 3.63) is 29.3 Å². The molecule has 18 heavy (non-hydrogen) atoms. The number of morpholine rings is 1. The van der Waals surface area contributed by atoms with E-state index in [9.17, 15) is 13.2 Å². The molecule has 2 rings (SSSR count). The van der Waals surface area contributed by atoms with E-state index in [1.807, 2.05) is 0 Å². The van der Waals surface area contributed by atoms with Gasteiger partial charge in [0.25, 0.3) is 0 Å². The molecule has 1 saturated heterocycles. The first-order valence-corrected chi connectivity index (χ1v) is 5.58. The number of hydrogen-bond donors (Lipinski definition) is 1. The zero-order valence-corrected chi connectivity index (χ0v) is 9.88. The number of alkyl halides is 3. The molecule has 100 valence electrons. The molecule has 1 aromatic carbocycles. The number of halogens is 3.